The molecule has 68 heavy (non-hydrogen) atoms. The van der Waals surface area contributed by atoms with Gasteiger partial charge in [-0.3, -0.25) is 5.32 Å². The van der Waals surface area contributed by atoms with Gasteiger partial charge >= 0.3 is 6.09 Å². The third kappa shape index (κ3) is 7.17. The van der Waals surface area contributed by atoms with Gasteiger partial charge in [0.2, 0.25) is 0 Å². The molecule has 1 unspecified atom stereocenters. The van der Waals surface area contributed by atoms with Gasteiger partial charge in [-0.25, -0.2) is 4.79 Å². The molecular formula is C65H59NO2. The fraction of sp³-hybridized carbons (Fsp3) is 0.215. The number of rotatable bonds is 6. The Morgan fingerprint density at radius 3 is 1.24 bits per heavy atom. The summed E-state index contributed by atoms with van der Waals surface area (Å²) in [6, 6.07) is 65.3. The highest BCUT2D eigenvalue weighted by atomic mass is 16.6. The maximum atomic E-state index is 14.0. The lowest BCUT2D eigenvalue weighted by atomic mass is 9.64. The van der Waals surface area contributed by atoms with E-state index in [0.717, 1.165) is 55.6 Å². The van der Waals surface area contributed by atoms with Crippen LogP contribution < -0.4 is 10.1 Å². The topological polar surface area (TPSA) is 38.3 Å². The minimum absolute atomic E-state index is 0.00233. The van der Waals surface area contributed by atoms with E-state index in [4.69, 9.17) is 11.2 Å². The summed E-state index contributed by atoms with van der Waals surface area (Å²) in [5, 5.41) is 3.07. The Bertz CT molecular complexity index is 3120. The van der Waals surface area contributed by atoms with E-state index in [0.29, 0.717) is 11.4 Å². The number of carbonyl (C=O) groups excluding carboxylic acids is 1. The van der Waals surface area contributed by atoms with Crippen LogP contribution in [0.5, 0.6) is 5.75 Å². The molecule has 0 heterocycles. The van der Waals surface area contributed by atoms with Crippen LogP contribution in [0.15, 0.2) is 182 Å². The molecule has 0 bridgehead atoms. The largest absolute Gasteiger partial charge is 0.417 e. The second-order valence-electron chi connectivity index (χ2n) is 21.8. The Morgan fingerprint density at radius 2 is 0.809 bits per heavy atom. The lowest BCUT2D eigenvalue weighted by molar-refractivity contribution is 0.215. The van der Waals surface area contributed by atoms with Crippen LogP contribution >= 0.6 is 0 Å². The van der Waals surface area contributed by atoms with Gasteiger partial charge in [0.25, 0.3) is 0 Å². The maximum absolute atomic E-state index is 14.0. The molecule has 8 aromatic carbocycles. The van der Waals surface area contributed by atoms with E-state index in [9.17, 15) is 4.79 Å². The fourth-order valence-corrected chi connectivity index (χ4v) is 11.0. The highest BCUT2D eigenvalue weighted by Gasteiger charge is 2.52. The zero-order valence-corrected chi connectivity index (χ0v) is 40.7. The number of nitrogens with one attached hydrogen (secondary N) is 1. The average Bonchev–Trinajstić information content (AvgIpc) is 3.78. The third-order valence-electron chi connectivity index (χ3n) is 14.6. The number of benzene rings is 8. The number of fused-ring (bicyclic) bond motifs is 10. The van der Waals surface area contributed by atoms with E-state index < -0.39 is 16.9 Å². The summed E-state index contributed by atoms with van der Waals surface area (Å²) in [5.41, 5.74) is 17.7. The number of hydrogen-bond acceptors (Lipinski definition) is 2. The van der Waals surface area contributed by atoms with Gasteiger partial charge in [0.15, 0.2) is 0 Å². The minimum atomic E-state index is -0.682. The summed E-state index contributed by atoms with van der Waals surface area (Å²) in [6.45, 7) is 20.3. The van der Waals surface area contributed by atoms with Gasteiger partial charge in [0.1, 0.15) is 5.75 Å². The summed E-state index contributed by atoms with van der Waals surface area (Å²) >= 11 is 0. The number of amides is 1. The van der Waals surface area contributed by atoms with E-state index in [1.807, 2.05) is 30.3 Å². The van der Waals surface area contributed by atoms with Crippen molar-refractivity contribution in [1.29, 1.82) is 0 Å². The van der Waals surface area contributed by atoms with Gasteiger partial charge in [-0.05, 0) is 136 Å². The molecule has 0 radical (unpaired) electrons. The van der Waals surface area contributed by atoms with Crippen LogP contribution in [0.3, 0.4) is 0 Å². The first-order valence-corrected chi connectivity index (χ1v) is 23.8. The Balaban J connectivity index is 1.03. The molecule has 1 atom stereocenters. The van der Waals surface area contributed by atoms with Crippen molar-refractivity contribution >= 4 is 11.8 Å². The first-order chi connectivity index (χ1) is 32.4. The molecule has 10 rings (SSSR count). The van der Waals surface area contributed by atoms with Gasteiger partial charge in [0.05, 0.1) is 10.8 Å². The molecule has 1 N–H and O–H groups in total. The van der Waals surface area contributed by atoms with E-state index in [-0.39, 0.29) is 16.2 Å². The molecular weight excluding hydrogens is 827 g/mol. The Kier molecular flexibility index (Phi) is 10.5. The highest BCUT2D eigenvalue weighted by molar-refractivity contribution is 5.96. The molecule has 336 valence electrons. The lowest BCUT2D eigenvalue weighted by Crippen LogP contribution is -2.31. The first-order valence-electron chi connectivity index (χ1n) is 23.8. The molecule has 1 amide bonds. The van der Waals surface area contributed by atoms with E-state index in [1.165, 1.54) is 33.4 Å². The minimum Gasteiger partial charge on any atom is -0.410 e. The second kappa shape index (κ2) is 16.1. The number of hydrogen-bond donors (Lipinski definition) is 1. The summed E-state index contributed by atoms with van der Waals surface area (Å²) < 4.78 is 6.20. The van der Waals surface area contributed by atoms with Crippen LogP contribution in [-0.4, -0.2) is 6.09 Å². The molecule has 0 fully saturated rings. The predicted octanol–water partition coefficient (Wildman–Crippen LogP) is 15.9. The molecule has 3 nitrogen and oxygen atoms in total. The Morgan fingerprint density at radius 1 is 0.441 bits per heavy atom. The molecule has 2 aliphatic carbocycles. The van der Waals surface area contributed by atoms with Crippen LogP contribution in [0.4, 0.5) is 10.5 Å². The first kappa shape index (κ1) is 44.4. The fourth-order valence-electron chi connectivity index (χ4n) is 11.0. The number of ether oxygens (including phenoxy) is 1. The number of carbonyl (C=O) groups is 1. The molecule has 1 spiro atoms. The van der Waals surface area contributed by atoms with Crippen molar-refractivity contribution in [1.82, 2.24) is 0 Å². The van der Waals surface area contributed by atoms with Gasteiger partial charge in [-0.2, -0.15) is 0 Å². The summed E-state index contributed by atoms with van der Waals surface area (Å²) in [5.74, 6) is 3.34. The average molecular weight is 886 g/mol. The van der Waals surface area contributed by atoms with Crippen molar-refractivity contribution in [2.24, 2.45) is 0 Å². The van der Waals surface area contributed by atoms with Crippen molar-refractivity contribution in [3.63, 3.8) is 0 Å². The Hall–Kier alpha value is -7.41. The molecule has 0 saturated heterocycles. The maximum Gasteiger partial charge on any atom is 0.417 e. The summed E-state index contributed by atoms with van der Waals surface area (Å²) in [6.07, 6.45) is 5.45. The van der Waals surface area contributed by atoms with Gasteiger partial charge in [-0.1, -0.05) is 214 Å². The third-order valence-corrected chi connectivity index (χ3v) is 14.6. The van der Waals surface area contributed by atoms with E-state index >= 15 is 0 Å². The van der Waals surface area contributed by atoms with Gasteiger partial charge in [-0.15, -0.1) is 6.42 Å². The summed E-state index contributed by atoms with van der Waals surface area (Å²) in [7, 11) is 0. The summed E-state index contributed by atoms with van der Waals surface area (Å²) in [4.78, 5) is 14.0. The second-order valence-corrected chi connectivity index (χ2v) is 21.8. The van der Waals surface area contributed by atoms with E-state index in [1.54, 1.807) is 0 Å². The lowest BCUT2D eigenvalue weighted by Gasteiger charge is -2.38. The molecule has 8 aromatic rings. The highest BCUT2D eigenvalue weighted by Crippen LogP contribution is 2.63. The molecule has 0 aromatic heterocycles. The monoisotopic (exact) mass is 885 g/mol. The predicted molar refractivity (Wildman–Crippen MR) is 281 cm³/mol. The van der Waals surface area contributed by atoms with Crippen LogP contribution in [0, 0.1) is 12.3 Å². The Labute approximate surface area is 403 Å². The number of anilines is 1. The van der Waals surface area contributed by atoms with Crippen LogP contribution in [0.25, 0.3) is 22.3 Å². The SMILES string of the molecule is C#Cc1ccc2c(c1)C1(c3ccccc3-2)c2ccccc2-c2ccc(OC(=O)Nc3ccc(C(c4ccc(C(C)(C)C)cc4)(c4ccc(C(C)(C)C)cc4)c4ccc(C(C)(C)C)cc4)cc3)cc21. The normalized spacial score (nSPS) is 14.9. The van der Waals surface area contributed by atoms with Crippen molar-refractivity contribution in [3.05, 3.63) is 249 Å². The zero-order chi connectivity index (χ0) is 47.8. The van der Waals surface area contributed by atoms with Gasteiger partial charge < -0.3 is 4.74 Å². The van der Waals surface area contributed by atoms with Gasteiger partial charge in [0, 0.05) is 11.3 Å². The molecule has 2 aliphatic rings. The van der Waals surface area contributed by atoms with Crippen molar-refractivity contribution in [2.45, 2.75) is 89.4 Å². The van der Waals surface area contributed by atoms with Crippen molar-refractivity contribution in [3.8, 4) is 40.3 Å². The van der Waals surface area contributed by atoms with Crippen molar-refractivity contribution < 1.29 is 9.53 Å². The van der Waals surface area contributed by atoms with Crippen LogP contribution in [-0.2, 0) is 27.1 Å². The molecule has 3 heteroatoms. The molecule has 0 aliphatic heterocycles. The molecule has 0 saturated carbocycles. The van der Waals surface area contributed by atoms with E-state index in [2.05, 4.69) is 225 Å². The number of terminal acetylenes is 1. The van der Waals surface area contributed by atoms with Crippen LogP contribution in [0.2, 0.25) is 0 Å². The zero-order valence-electron chi connectivity index (χ0n) is 40.7. The standard InChI is InChI=1S/C65H59NO2/c1-11-42-20-38-54-52-16-12-14-18-56(52)65(58(54)40-42)57-19-15-13-17-53(57)55-39-37-51(41-59(55)65)68-60(67)66-50-35-33-49(34-36-50)64(46-27-21-43(22-28-46)61(2,3)4,47-29-23-44(24-30-47)62(5,6)7)48-31-25-45(26-32-48)63(8,9)10/h1,12-41H,2-10H3,(H,66,67). The smallest absolute Gasteiger partial charge is 0.410 e. The van der Waals surface area contributed by atoms with Crippen LogP contribution in [0.1, 0.15) is 129 Å². The quantitative estimate of drug-likeness (QED) is 0.133. The van der Waals surface area contributed by atoms with Crippen molar-refractivity contribution in [2.75, 3.05) is 5.32 Å².